The first kappa shape index (κ1) is 15.5. The molecule has 0 atom stereocenters. The number of rotatable bonds is 4. The first-order chi connectivity index (χ1) is 10.9. The summed E-state index contributed by atoms with van der Waals surface area (Å²) < 4.78 is 38.9. The molecule has 0 bridgehead atoms. The Kier molecular flexibility index (Phi) is 4.03. The molecule has 120 valence electrons. The van der Waals surface area contributed by atoms with Crippen molar-refractivity contribution in [2.45, 2.75) is 19.0 Å². The Labute approximate surface area is 133 Å². The highest BCUT2D eigenvalue weighted by Crippen LogP contribution is 2.32. The lowest BCUT2D eigenvalue weighted by atomic mass is 10.0. The van der Waals surface area contributed by atoms with Gasteiger partial charge in [-0.3, -0.25) is 5.10 Å². The van der Waals surface area contributed by atoms with Crippen molar-refractivity contribution >= 4 is 16.5 Å². The summed E-state index contributed by atoms with van der Waals surface area (Å²) in [6.07, 6.45) is -3.98. The van der Waals surface area contributed by atoms with Crippen LogP contribution in [0.5, 0.6) is 0 Å². The fraction of sp³-hybridized carbons (Fsp3) is 0.214. The number of H-pyrrole nitrogens is 1. The highest BCUT2D eigenvalue weighted by atomic mass is 32.1. The van der Waals surface area contributed by atoms with Crippen molar-refractivity contribution in [3.05, 3.63) is 58.1 Å². The molecule has 0 aliphatic heterocycles. The second-order valence-electron chi connectivity index (χ2n) is 4.88. The van der Waals surface area contributed by atoms with Gasteiger partial charge in [0.2, 0.25) is 0 Å². The molecule has 2 heterocycles. The molecular formula is C14H12F3N5S. The van der Waals surface area contributed by atoms with Crippen LogP contribution in [0.3, 0.4) is 0 Å². The molecule has 0 unspecified atom stereocenters. The Morgan fingerprint density at radius 3 is 2.61 bits per heavy atom. The number of anilines is 1. The molecule has 3 N–H and O–H groups in total. The summed E-state index contributed by atoms with van der Waals surface area (Å²) in [5, 5.41) is 8.94. The van der Waals surface area contributed by atoms with E-state index in [2.05, 4.69) is 20.2 Å². The molecule has 0 aliphatic rings. The average molecular weight is 339 g/mol. The summed E-state index contributed by atoms with van der Waals surface area (Å²) in [5.41, 5.74) is 5.77. The maximum atomic E-state index is 13.0. The standard InChI is InChI=1S/C14H12F3N5S/c15-14(16,17)10-4-2-1-3-8(10)5-11-20-12(22-21-11)6-9-7-23-13(18)19-9/h1-4,7H,5-6H2,(H2,18,19)(H,20,21,22). The van der Waals surface area contributed by atoms with Crippen LogP contribution in [0.15, 0.2) is 29.6 Å². The third-order valence-corrected chi connectivity index (χ3v) is 3.89. The molecule has 2 aromatic heterocycles. The number of nitrogens with two attached hydrogens (primary N) is 1. The van der Waals surface area contributed by atoms with E-state index in [1.807, 2.05) is 0 Å². The number of thiazole rings is 1. The van der Waals surface area contributed by atoms with Crippen LogP contribution >= 0.6 is 11.3 Å². The molecule has 0 saturated heterocycles. The quantitative estimate of drug-likeness (QED) is 0.765. The van der Waals surface area contributed by atoms with Gasteiger partial charge in [-0.05, 0) is 11.6 Å². The summed E-state index contributed by atoms with van der Waals surface area (Å²) in [6, 6.07) is 5.43. The van der Waals surface area contributed by atoms with Crippen molar-refractivity contribution in [1.82, 2.24) is 20.2 Å². The third-order valence-electron chi connectivity index (χ3n) is 3.17. The van der Waals surface area contributed by atoms with Gasteiger partial charge >= 0.3 is 6.18 Å². The molecule has 0 radical (unpaired) electrons. The van der Waals surface area contributed by atoms with Gasteiger partial charge in [-0.15, -0.1) is 11.3 Å². The predicted molar refractivity (Wildman–Crippen MR) is 80.0 cm³/mol. The van der Waals surface area contributed by atoms with Crippen LogP contribution in [0.2, 0.25) is 0 Å². The highest BCUT2D eigenvalue weighted by Gasteiger charge is 2.33. The van der Waals surface area contributed by atoms with Crippen molar-refractivity contribution in [2.24, 2.45) is 0 Å². The number of alkyl halides is 3. The zero-order valence-electron chi connectivity index (χ0n) is 11.8. The topological polar surface area (TPSA) is 80.5 Å². The van der Waals surface area contributed by atoms with Gasteiger partial charge in [0.1, 0.15) is 5.82 Å². The molecule has 0 amide bonds. The van der Waals surface area contributed by atoms with Crippen LogP contribution in [-0.4, -0.2) is 20.2 Å². The Morgan fingerprint density at radius 2 is 1.91 bits per heavy atom. The Balaban J connectivity index is 1.77. The molecule has 5 nitrogen and oxygen atoms in total. The maximum Gasteiger partial charge on any atom is 0.416 e. The Hall–Kier alpha value is -2.42. The minimum Gasteiger partial charge on any atom is -0.375 e. The van der Waals surface area contributed by atoms with Gasteiger partial charge in [-0.1, -0.05) is 18.2 Å². The van der Waals surface area contributed by atoms with Crippen LogP contribution < -0.4 is 5.73 Å². The molecular weight excluding hydrogens is 327 g/mol. The second-order valence-corrected chi connectivity index (χ2v) is 5.77. The van der Waals surface area contributed by atoms with Crippen molar-refractivity contribution < 1.29 is 13.2 Å². The van der Waals surface area contributed by atoms with Crippen molar-refractivity contribution in [1.29, 1.82) is 0 Å². The smallest absolute Gasteiger partial charge is 0.375 e. The number of hydrogen-bond acceptors (Lipinski definition) is 5. The minimum atomic E-state index is -4.39. The second kappa shape index (κ2) is 5.99. The zero-order valence-corrected chi connectivity index (χ0v) is 12.6. The van der Waals surface area contributed by atoms with Gasteiger partial charge in [-0.25, -0.2) is 9.97 Å². The first-order valence-corrected chi connectivity index (χ1v) is 7.55. The van der Waals surface area contributed by atoms with Gasteiger partial charge < -0.3 is 5.73 Å². The molecule has 0 saturated carbocycles. The first-order valence-electron chi connectivity index (χ1n) is 6.67. The number of hydrogen-bond donors (Lipinski definition) is 2. The molecule has 0 spiro atoms. The van der Waals surface area contributed by atoms with Crippen LogP contribution in [0.1, 0.15) is 28.5 Å². The van der Waals surface area contributed by atoms with Gasteiger partial charge in [0, 0.05) is 11.8 Å². The number of nitrogens with one attached hydrogen (secondary N) is 1. The third kappa shape index (κ3) is 3.67. The van der Waals surface area contributed by atoms with Gasteiger partial charge in [0.05, 0.1) is 17.7 Å². The molecule has 1 aromatic carbocycles. The van der Waals surface area contributed by atoms with Crippen molar-refractivity contribution in [3.63, 3.8) is 0 Å². The number of nitrogen functional groups attached to an aromatic ring is 1. The lowest BCUT2D eigenvalue weighted by Crippen LogP contribution is -2.09. The lowest BCUT2D eigenvalue weighted by molar-refractivity contribution is -0.138. The SMILES string of the molecule is Nc1nc(Cc2n[nH]c(Cc3ccccc3C(F)(F)F)n2)cs1. The van der Waals surface area contributed by atoms with Crippen LogP contribution in [0.25, 0.3) is 0 Å². The van der Waals surface area contributed by atoms with E-state index in [0.29, 0.717) is 23.2 Å². The van der Waals surface area contributed by atoms with Gasteiger partial charge in [-0.2, -0.15) is 18.3 Å². The summed E-state index contributed by atoms with van der Waals surface area (Å²) in [7, 11) is 0. The van der Waals surface area contributed by atoms with E-state index in [4.69, 9.17) is 5.73 Å². The van der Waals surface area contributed by atoms with E-state index in [9.17, 15) is 13.2 Å². The van der Waals surface area contributed by atoms with E-state index in [-0.39, 0.29) is 12.0 Å². The minimum absolute atomic E-state index is 0.0297. The summed E-state index contributed by atoms with van der Waals surface area (Å²) >= 11 is 1.31. The van der Waals surface area contributed by atoms with E-state index < -0.39 is 11.7 Å². The monoisotopic (exact) mass is 339 g/mol. The van der Waals surface area contributed by atoms with Crippen LogP contribution in [0.4, 0.5) is 18.3 Å². The fourth-order valence-corrected chi connectivity index (χ4v) is 2.75. The van der Waals surface area contributed by atoms with E-state index >= 15 is 0 Å². The largest absolute Gasteiger partial charge is 0.416 e. The Morgan fingerprint density at radius 1 is 1.13 bits per heavy atom. The molecule has 0 aliphatic carbocycles. The van der Waals surface area contributed by atoms with E-state index in [1.165, 1.54) is 23.5 Å². The van der Waals surface area contributed by atoms with E-state index in [0.717, 1.165) is 11.8 Å². The highest BCUT2D eigenvalue weighted by molar-refractivity contribution is 7.13. The number of halogens is 3. The number of aromatic nitrogens is 4. The Bertz CT molecular complexity index is 809. The fourth-order valence-electron chi connectivity index (χ4n) is 2.19. The summed E-state index contributed by atoms with van der Waals surface area (Å²) in [5.74, 6) is 0.842. The summed E-state index contributed by atoms with van der Waals surface area (Å²) in [4.78, 5) is 8.32. The number of benzene rings is 1. The van der Waals surface area contributed by atoms with Crippen LogP contribution in [0, 0.1) is 0 Å². The van der Waals surface area contributed by atoms with Gasteiger partial charge in [0.25, 0.3) is 0 Å². The van der Waals surface area contributed by atoms with E-state index in [1.54, 1.807) is 11.4 Å². The molecule has 0 fully saturated rings. The zero-order chi connectivity index (χ0) is 16.4. The maximum absolute atomic E-state index is 13.0. The van der Waals surface area contributed by atoms with Crippen LogP contribution in [-0.2, 0) is 19.0 Å². The number of aromatic amines is 1. The van der Waals surface area contributed by atoms with Crippen molar-refractivity contribution in [2.75, 3.05) is 5.73 Å². The molecule has 3 aromatic rings. The lowest BCUT2D eigenvalue weighted by Gasteiger charge is -2.11. The average Bonchev–Trinajstić information content (AvgIpc) is 3.08. The number of nitrogens with zero attached hydrogens (tertiary/aromatic N) is 3. The normalized spacial score (nSPS) is 11.8. The molecule has 3 rings (SSSR count). The molecule has 23 heavy (non-hydrogen) atoms. The van der Waals surface area contributed by atoms with Gasteiger partial charge in [0.15, 0.2) is 11.0 Å². The van der Waals surface area contributed by atoms with Crippen molar-refractivity contribution in [3.8, 4) is 0 Å². The summed E-state index contributed by atoms with van der Waals surface area (Å²) in [6.45, 7) is 0. The predicted octanol–water partition coefficient (Wildman–Crippen LogP) is 3.04. The molecule has 9 heteroatoms.